The van der Waals surface area contributed by atoms with E-state index in [9.17, 15) is 0 Å². The molecule has 1 nitrogen and oxygen atoms in total. The molecule has 16 heavy (non-hydrogen) atoms. The van der Waals surface area contributed by atoms with Crippen molar-refractivity contribution < 1.29 is 4.74 Å². The minimum absolute atomic E-state index is 0.0156. The Balaban J connectivity index is 2.08. The monoisotopic (exact) mass is 218 g/mol. The van der Waals surface area contributed by atoms with Gasteiger partial charge in [-0.25, -0.2) is 0 Å². The number of allylic oxidation sites excluding steroid dienone is 1. The lowest BCUT2D eigenvalue weighted by atomic mass is 9.79. The van der Waals surface area contributed by atoms with Crippen molar-refractivity contribution in [1.29, 1.82) is 0 Å². The van der Waals surface area contributed by atoms with Gasteiger partial charge < -0.3 is 4.74 Å². The van der Waals surface area contributed by atoms with Gasteiger partial charge in [0.05, 0.1) is 11.2 Å². The van der Waals surface area contributed by atoms with Crippen LogP contribution >= 0.6 is 0 Å². The molecule has 1 spiro atoms. The Morgan fingerprint density at radius 1 is 1.44 bits per heavy atom. The molecule has 1 saturated heterocycles. The van der Waals surface area contributed by atoms with Crippen molar-refractivity contribution in [2.24, 2.45) is 11.8 Å². The van der Waals surface area contributed by atoms with E-state index in [1.165, 1.54) is 30.4 Å². The predicted octanol–water partition coefficient (Wildman–Crippen LogP) is 3.86. The van der Waals surface area contributed by atoms with Crippen LogP contribution in [0.5, 0.6) is 0 Å². The molecule has 3 atom stereocenters. The molecule has 2 bridgehead atoms. The highest BCUT2D eigenvalue weighted by molar-refractivity contribution is 5.34. The van der Waals surface area contributed by atoms with Crippen LogP contribution in [-0.4, -0.2) is 11.2 Å². The van der Waals surface area contributed by atoms with Crippen LogP contribution in [0.3, 0.4) is 0 Å². The summed E-state index contributed by atoms with van der Waals surface area (Å²) in [6.07, 6.45) is 7.20. The Morgan fingerprint density at radius 2 is 2.19 bits per heavy atom. The molecule has 0 aromatic heterocycles. The SMILES string of the molecule is C=C1CC[C@H]2C[C@@]3(OC2(C)C)C(C)=CC[C@@H]13. The number of hydrogen-bond acceptors (Lipinski definition) is 1. The van der Waals surface area contributed by atoms with Crippen molar-refractivity contribution >= 4 is 0 Å². The first-order valence-electron chi connectivity index (χ1n) is 6.51. The topological polar surface area (TPSA) is 9.23 Å². The van der Waals surface area contributed by atoms with Crippen LogP contribution in [0.1, 0.15) is 46.5 Å². The van der Waals surface area contributed by atoms with Crippen molar-refractivity contribution in [3.8, 4) is 0 Å². The van der Waals surface area contributed by atoms with Crippen LogP contribution in [0, 0.1) is 11.8 Å². The fourth-order valence-electron chi connectivity index (χ4n) is 4.07. The fourth-order valence-corrected chi connectivity index (χ4v) is 4.07. The zero-order chi connectivity index (χ0) is 11.6. The van der Waals surface area contributed by atoms with Gasteiger partial charge in [-0.3, -0.25) is 0 Å². The van der Waals surface area contributed by atoms with E-state index < -0.39 is 0 Å². The number of fused-ring (bicyclic) bond motifs is 1. The molecule has 88 valence electrons. The second kappa shape index (κ2) is 3.01. The van der Waals surface area contributed by atoms with Crippen molar-refractivity contribution in [1.82, 2.24) is 0 Å². The van der Waals surface area contributed by atoms with E-state index in [0.29, 0.717) is 11.8 Å². The summed E-state index contributed by atoms with van der Waals surface area (Å²) < 4.78 is 6.52. The molecule has 0 amide bonds. The summed E-state index contributed by atoms with van der Waals surface area (Å²) in [4.78, 5) is 0. The van der Waals surface area contributed by atoms with E-state index in [0.717, 1.165) is 6.42 Å². The zero-order valence-corrected chi connectivity index (χ0v) is 10.7. The van der Waals surface area contributed by atoms with Crippen molar-refractivity contribution in [2.45, 2.75) is 57.7 Å². The Labute approximate surface area is 98.6 Å². The molecule has 0 aromatic carbocycles. The Morgan fingerprint density at radius 3 is 2.94 bits per heavy atom. The molecule has 1 heteroatoms. The Bertz CT molecular complexity index is 377. The summed E-state index contributed by atoms with van der Waals surface area (Å²) >= 11 is 0. The van der Waals surface area contributed by atoms with Gasteiger partial charge in [0.2, 0.25) is 0 Å². The van der Waals surface area contributed by atoms with Crippen LogP contribution in [0.15, 0.2) is 23.8 Å². The molecule has 3 rings (SSSR count). The van der Waals surface area contributed by atoms with Gasteiger partial charge in [0.25, 0.3) is 0 Å². The van der Waals surface area contributed by atoms with E-state index in [2.05, 4.69) is 33.4 Å². The molecule has 0 N–H and O–H groups in total. The average molecular weight is 218 g/mol. The van der Waals surface area contributed by atoms with Crippen molar-refractivity contribution in [3.63, 3.8) is 0 Å². The van der Waals surface area contributed by atoms with E-state index >= 15 is 0 Å². The van der Waals surface area contributed by atoms with Crippen LogP contribution in [0.2, 0.25) is 0 Å². The van der Waals surface area contributed by atoms with Crippen LogP contribution in [0.25, 0.3) is 0 Å². The minimum atomic E-state index is 0.0156. The van der Waals surface area contributed by atoms with E-state index in [1.54, 1.807) is 0 Å². The van der Waals surface area contributed by atoms with Crippen LogP contribution in [0.4, 0.5) is 0 Å². The van der Waals surface area contributed by atoms with Gasteiger partial charge in [-0.05, 0) is 57.9 Å². The van der Waals surface area contributed by atoms with Gasteiger partial charge in [0.1, 0.15) is 0 Å². The molecule has 1 heterocycles. The molecule has 1 aliphatic heterocycles. The smallest absolute Gasteiger partial charge is 0.0967 e. The highest BCUT2D eigenvalue weighted by Crippen LogP contribution is 2.59. The zero-order valence-electron chi connectivity index (χ0n) is 10.7. The second-order valence-corrected chi connectivity index (χ2v) is 6.37. The third kappa shape index (κ3) is 1.15. The summed E-state index contributed by atoms with van der Waals surface area (Å²) in [5.74, 6) is 1.26. The lowest BCUT2D eigenvalue weighted by Crippen LogP contribution is -2.39. The van der Waals surface area contributed by atoms with Gasteiger partial charge in [-0.1, -0.05) is 18.2 Å². The summed E-state index contributed by atoms with van der Waals surface area (Å²) in [5, 5.41) is 0. The molecule has 2 aliphatic carbocycles. The minimum Gasteiger partial charge on any atom is -0.364 e. The molecule has 0 aromatic rings. The second-order valence-electron chi connectivity index (χ2n) is 6.37. The number of hydrogen-bond donors (Lipinski definition) is 0. The predicted molar refractivity (Wildman–Crippen MR) is 66.2 cm³/mol. The van der Waals surface area contributed by atoms with Gasteiger partial charge in [-0.2, -0.15) is 0 Å². The largest absolute Gasteiger partial charge is 0.364 e. The summed E-state index contributed by atoms with van der Waals surface area (Å²) in [6.45, 7) is 11.1. The lowest BCUT2D eigenvalue weighted by molar-refractivity contribution is -0.0945. The number of rotatable bonds is 0. The fraction of sp³-hybridized carbons (Fsp3) is 0.733. The lowest BCUT2D eigenvalue weighted by Gasteiger charge is -2.37. The Kier molecular flexibility index (Phi) is 1.99. The van der Waals surface area contributed by atoms with Gasteiger partial charge >= 0.3 is 0 Å². The first-order chi connectivity index (χ1) is 7.46. The molecule has 0 unspecified atom stereocenters. The maximum Gasteiger partial charge on any atom is 0.0967 e. The van der Waals surface area contributed by atoms with E-state index in [1.807, 2.05) is 0 Å². The van der Waals surface area contributed by atoms with Crippen LogP contribution < -0.4 is 0 Å². The van der Waals surface area contributed by atoms with Gasteiger partial charge in [-0.15, -0.1) is 0 Å². The van der Waals surface area contributed by atoms with Crippen LogP contribution in [-0.2, 0) is 4.74 Å². The molecular formula is C15H22O. The number of ether oxygens (including phenoxy) is 1. The Hall–Kier alpha value is -0.560. The van der Waals surface area contributed by atoms with E-state index in [4.69, 9.17) is 4.74 Å². The molecule has 2 fully saturated rings. The first-order valence-corrected chi connectivity index (χ1v) is 6.51. The normalized spacial score (nSPS) is 45.2. The summed E-state index contributed by atoms with van der Waals surface area (Å²) in [5.41, 5.74) is 2.95. The first kappa shape index (κ1) is 10.6. The standard InChI is InChI=1S/C15H22O/c1-10-5-7-12-9-15(16-14(12,3)4)11(2)6-8-13(10)15/h6,12-13H,1,5,7-9H2,2-4H3/t12-,13-,15+/m0/s1. The highest BCUT2D eigenvalue weighted by Gasteiger charge is 2.58. The van der Waals surface area contributed by atoms with E-state index in [-0.39, 0.29) is 11.2 Å². The molecule has 0 radical (unpaired) electrons. The quantitative estimate of drug-likeness (QED) is 0.561. The van der Waals surface area contributed by atoms with Gasteiger partial charge in [0.15, 0.2) is 0 Å². The maximum absolute atomic E-state index is 6.52. The third-order valence-corrected chi connectivity index (χ3v) is 5.17. The molecule has 3 aliphatic rings. The summed E-state index contributed by atoms with van der Waals surface area (Å²) in [6, 6.07) is 0. The highest BCUT2D eigenvalue weighted by atomic mass is 16.5. The van der Waals surface area contributed by atoms with Crippen molar-refractivity contribution in [3.05, 3.63) is 23.8 Å². The van der Waals surface area contributed by atoms with Crippen molar-refractivity contribution in [2.75, 3.05) is 0 Å². The van der Waals surface area contributed by atoms with Gasteiger partial charge in [0, 0.05) is 5.92 Å². The molecular weight excluding hydrogens is 196 g/mol. The third-order valence-electron chi connectivity index (χ3n) is 5.17. The maximum atomic E-state index is 6.52. The summed E-state index contributed by atoms with van der Waals surface area (Å²) in [7, 11) is 0. The molecule has 1 saturated carbocycles. The average Bonchev–Trinajstić information content (AvgIpc) is 2.57.